The summed E-state index contributed by atoms with van der Waals surface area (Å²) in [5.74, 6) is 0.299. The second-order valence-corrected chi connectivity index (χ2v) is 5.98. The third-order valence-corrected chi connectivity index (χ3v) is 4.26. The second kappa shape index (κ2) is 6.46. The minimum Gasteiger partial charge on any atom is -0.466 e. The first kappa shape index (κ1) is 15.0. The van der Waals surface area contributed by atoms with E-state index >= 15 is 0 Å². The molecule has 22 heavy (non-hydrogen) atoms. The lowest BCUT2D eigenvalue weighted by atomic mass is 10.2. The summed E-state index contributed by atoms with van der Waals surface area (Å²) >= 11 is 0. The van der Waals surface area contributed by atoms with Crippen LogP contribution in [-0.4, -0.2) is 51.5 Å². The number of ether oxygens (including phenoxy) is 1. The molecule has 0 N–H and O–H groups in total. The Morgan fingerprint density at radius 2 is 2.14 bits per heavy atom. The van der Waals surface area contributed by atoms with Crippen molar-refractivity contribution in [3.8, 4) is 0 Å². The van der Waals surface area contributed by atoms with Gasteiger partial charge in [0.05, 0.1) is 24.8 Å². The largest absolute Gasteiger partial charge is 0.466 e. The van der Waals surface area contributed by atoms with Crippen molar-refractivity contribution in [1.29, 1.82) is 0 Å². The van der Waals surface area contributed by atoms with E-state index in [1.165, 1.54) is 12.8 Å². The molecular weight excluding hydrogens is 284 g/mol. The second-order valence-electron chi connectivity index (χ2n) is 5.98. The van der Waals surface area contributed by atoms with Crippen molar-refractivity contribution in [3.05, 3.63) is 11.9 Å². The van der Waals surface area contributed by atoms with E-state index in [-0.39, 0.29) is 30.8 Å². The van der Waals surface area contributed by atoms with Gasteiger partial charge in [-0.05, 0) is 26.2 Å². The average molecular weight is 306 g/mol. The number of esters is 1. The van der Waals surface area contributed by atoms with Crippen LogP contribution < -0.4 is 0 Å². The predicted molar refractivity (Wildman–Crippen MR) is 78.1 cm³/mol. The van der Waals surface area contributed by atoms with Crippen LogP contribution in [0.15, 0.2) is 6.20 Å². The van der Waals surface area contributed by atoms with Gasteiger partial charge in [0.1, 0.15) is 0 Å². The molecule has 1 amide bonds. The van der Waals surface area contributed by atoms with Crippen LogP contribution in [0.2, 0.25) is 0 Å². The molecule has 1 unspecified atom stereocenters. The van der Waals surface area contributed by atoms with E-state index in [0.29, 0.717) is 25.6 Å². The fraction of sp³-hybridized carbons (Fsp3) is 0.733. The van der Waals surface area contributed by atoms with Crippen LogP contribution in [0.3, 0.4) is 0 Å². The van der Waals surface area contributed by atoms with Crippen molar-refractivity contribution in [3.63, 3.8) is 0 Å². The summed E-state index contributed by atoms with van der Waals surface area (Å²) in [6, 6.07) is 0.201. The minimum absolute atomic E-state index is 0.0121. The van der Waals surface area contributed by atoms with Gasteiger partial charge in [0.15, 0.2) is 0 Å². The predicted octanol–water partition coefficient (Wildman–Crippen LogP) is 1.27. The first-order valence-corrected chi connectivity index (χ1v) is 8.02. The Morgan fingerprint density at radius 3 is 2.86 bits per heavy atom. The number of nitrogens with zero attached hydrogens (tertiary/aromatic N) is 4. The Bertz CT molecular complexity index is 553. The molecule has 0 bridgehead atoms. The molecule has 1 aromatic heterocycles. The highest BCUT2D eigenvalue weighted by Crippen LogP contribution is 2.39. The molecule has 1 aliphatic heterocycles. The minimum atomic E-state index is -0.308. The Kier molecular flexibility index (Phi) is 4.40. The van der Waals surface area contributed by atoms with Crippen molar-refractivity contribution in [2.75, 3.05) is 19.7 Å². The van der Waals surface area contributed by atoms with Crippen LogP contribution in [0.1, 0.15) is 56.7 Å². The van der Waals surface area contributed by atoms with E-state index in [9.17, 15) is 9.59 Å². The van der Waals surface area contributed by atoms with Gasteiger partial charge in [-0.15, -0.1) is 5.10 Å². The van der Waals surface area contributed by atoms with Crippen molar-refractivity contribution >= 4 is 11.9 Å². The molecule has 120 valence electrons. The summed E-state index contributed by atoms with van der Waals surface area (Å²) in [6.45, 7) is 3.48. The maximum atomic E-state index is 12.1. The molecule has 1 saturated carbocycles. The molecule has 0 radical (unpaired) electrons. The van der Waals surface area contributed by atoms with E-state index in [0.717, 1.165) is 12.1 Å². The zero-order chi connectivity index (χ0) is 15.5. The Hall–Kier alpha value is -1.92. The summed E-state index contributed by atoms with van der Waals surface area (Å²) in [5, 5.41) is 8.43. The van der Waals surface area contributed by atoms with E-state index < -0.39 is 0 Å². The van der Waals surface area contributed by atoms with Crippen LogP contribution in [0, 0.1) is 0 Å². The molecule has 1 atom stereocenters. The van der Waals surface area contributed by atoms with Crippen LogP contribution in [0.25, 0.3) is 0 Å². The molecule has 7 heteroatoms. The fourth-order valence-electron chi connectivity index (χ4n) is 2.82. The number of hydrogen-bond donors (Lipinski definition) is 0. The van der Waals surface area contributed by atoms with Crippen LogP contribution in [-0.2, 0) is 14.3 Å². The van der Waals surface area contributed by atoms with E-state index in [1.54, 1.807) is 6.92 Å². The molecule has 2 fully saturated rings. The van der Waals surface area contributed by atoms with Gasteiger partial charge >= 0.3 is 5.97 Å². The highest BCUT2D eigenvalue weighted by molar-refractivity contribution is 5.81. The molecule has 3 rings (SSSR count). The first-order chi connectivity index (χ1) is 10.7. The number of aromatic nitrogens is 3. The van der Waals surface area contributed by atoms with Crippen molar-refractivity contribution in [1.82, 2.24) is 19.9 Å². The molecule has 0 spiro atoms. The lowest BCUT2D eigenvalue weighted by Gasteiger charge is -2.16. The summed E-state index contributed by atoms with van der Waals surface area (Å²) < 4.78 is 6.74. The number of rotatable bonds is 6. The zero-order valence-corrected chi connectivity index (χ0v) is 12.9. The van der Waals surface area contributed by atoms with E-state index in [4.69, 9.17) is 4.74 Å². The topological polar surface area (TPSA) is 77.3 Å². The summed E-state index contributed by atoms with van der Waals surface area (Å²) in [4.78, 5) is 25.2. The monoisotopic (exact) mass is 306 g/mol. The molecule has 0 aromatic carbocycles. The molecule has 1 aromatic rings. The third kappa shape index (κ3) is 3.45. The van der Waals surface area contributed by atoms with E-state index in [2.05, 4.69) is 10.3 Å². The quantitative estimate of drug-likeness (QED) is 0.740. The van der Waals surface area contributed by atoms with Gasteiger partial charge < -0.3 is 9.64 Å². The van der Waals surface area contributed by atoms with Gasteiger partial charge in [-0.3, -0.25) is 9.59 Å². The summed E-state index contributed by atoms with van der Waals surface area (Å²) in [5.41, 5.74) is 1.08. The third-order valence-electron chi connectivity index (χ3n) is 4.26. The molecule has 7 nitrogen and oxygen atoms in total. The molecule has 1 aliphatic carbocycles. The fourth-order valence-corrected chi connectivity index (χ4v) is 2.82. The molecular formula is C15H22N4O3. The Morgan fingerprint density at radius 1 is 1.32 bits per heavy atom. The van der Waals surface area contributed by atoms with Gasteiger partial charge in [0.2, 0.25) is 5.91 Å². The number of amides is 1. The standard InChI is InChI=1S/C15H22N4O3/c1-2-22-15(21)6-5-14(20)18-8-7-12(9-18)19-10-13(16-17-19)11-3-4-11/h10-12H,2-9H2,1H3. The lowest BCUT2D eigenvalue weighted by Crippen LogP contribution is -2.29. The molecule has 1 saturated heterocycles. The smallest absolute Gasteiger partial charge is 0.306 e. The lowest BCUT2D eigenvalue weighted by molar-refractivity contribution is -0.145. The maximum absolute atomic E-state index is 12.1. The van der Waals surface area contributed by atoms with Gasteiger partial charge in [0.25, 0.3) is 0 Å². The van der Waals surface area contributed by atoms with Crippen LogP contribution >= 0.6 is 0 Å². The van der Waals surface area contributed by atoms with Crippen LogP contribution in [0.5, 0.6) is 0 Å². The number of carbonyl (C=O) groups excluding carboxylic acids is 2. The van der Waals surface area contributed by atoms with Gasteiger partial charge in [0, 0.05) is 31.6 Å². The zero-order valence-electron chi connectivity index (χ0n) is 12.9. The van der Waals surface area contributed by atoms with Crippen molar-refractivity contribution in [2.24, 2.45) is 0 Å². The highest BCUT2D eigenvalue weighted by atomic mass is 16.5. The average Bonchev–Trinajstić information content (AvgIpc) is 3.04. The Balaban J connectivity index is 1.48. The van der Waals surface area contributed by atoms with Gasteiger partial charge in [-0.2, -0.15) is 0 Å². The highest BCUT2D eigenvalue weighted by Gasteiger charge is 2.31. The van der Waals surface area contributed by atoms with Crippen LogP contribution in [0.4, 0.5) is 0 Å². The van der Waals surface area contributed by atoms with Gasteiger partial charge in [-0.1, -0.05) is 5.21 Å². The summed E-state index contributed by atoms with van der Waals surface area (Å²) in [6.07, 6.45) is 5.70. The van der Waals surface area contributed by atoms with Crippen molar-refractivity contribution in [2.45, 2.75) is 51.0 Å². The van der Waals surface area contributed by atoms with E-state index in [1.807, 2.05) is 15.8 Å². The first-order valence-electron chi connectivity index (χ1n) is 8.02. The summed E-state index contributed by atoms with van der Waals surface area (Å²) in [7, 11) is 0. The van der Waals surface area contributed by atoms with Gasteiger partial charge in [-0.25, -0.2) is 4.68 Å². The van der Waals surface area contributed by atoms with Crippen molar-refractivity contribution < 1.29 is 14.3 Å². The normalized spacial score (nSPS) is 21.1. The number of carbonyl (C=O) groups is 2. The number of hydrogen-bond acceptors (Lipinski definition) is 5. The molecule has 2 aliphatic rings. The Labute approximate surface area is 129 Å². The number of likely N-dealkylation sites (tertiary alicyclic amines) is 1. The maximum Gasteiger partial charge on any atom is 0.306 e. The molecule has 2 heterocycles. The SMILES string of the molecule is CCOC(=O)CCC(=O)N1CCC(n2cc(C3CC3)nn2)C1.